The third kappa shape index (κ3) is 6.73. The molecule has 0 amide bonds. The maximum absolute atomic E-state index is 13.6. The Morgan fingerprint density at radius 1 is 1.06 bits per heavy atom. The highest BCUT2D eigenvalue weighted by molar-refractivity contribution is 7.92. The minimum Gasteiger partial charge on any atom is -0.493 e. The molecule has 1 fully saturated rings. The van der Waals surface area contributed by atoms with Crippen LogP contribution < -0.4 is 14.5 Å². The van der Waals surface area contributed by atoms with E-state index in [0.717, 1.165) is 18.2 Å². The first-order chi connectivity index (χ1) is 16.7. The van der Waals surface area contributed by atoms with Crippen molar-refractivity contribution >= 4 is 33.3 Å². The van der Waals surface area contributed by atoms with E-state index >= 15 is 0 Å². The van der Waals surface area contributed by atoms with Crippen LogP contribution in [0.5, 0.6) is 5.75 Å². The smallest absolute Gasteiger partial charge is 0.493 e. The number of alkyl halides is 6. The van der Waals surface area contributed by atoms with Gasteiger partial charge in [-0.05, 0) is 56.1 Å². The van der Waals surface area contributed by atoms with Crippen molar-refractivity contribution in [2.45, 2.75) is 30.1 Å². The monoisotopic (exact) mass is 560 g/mol. The predicted octanol–water partition coefficient (Wildman–Crippen LogP) is 4.95. The fourth-order valence-corrected chi connectivity index (χ4v) is 5.03. The molecule has 2 aromatic carbocycles. The van der Waals surface area contributed by atoms with Crippen LogP contribution >= 0.6 is 11.6 Å². The molecule has 0 aliphatic carbocycles. The molecule has 3 rings (SSSR count). The number of rotatable bonds is 7. The molecule has 0 aromatic heterocycles. The Bertz CT molecular complexity index is 1200. The number of carbonyl (C=O) groups is 1. The molecular formula is C21H19ClF6N2O5S. The van der Waals surface area contributed by atoms with Crippen LogP contribution in [-0.2, 0) is 25.8 Å². The fraction of sp³-hybridized carbons (Fsp3) is 0.381. The first-order valence-electron chi connectivity index (χ1n) is 10.3. The topological polar surface area (TPSA) is 84.9 Å². The summed E-state index contributed by atoms with van der Waals surface area (Å²) in [7, 11) is -5.23. The van der Waals surface area contributed by atoms with Crippen molar-refractivity contribution in [2.24, 2.45) is 5.92 Å². The lowest BCUT2D eigenvalue weighted by atomic mass is 9.99. The minimum atomic E-state index is -5.66. The van der Waals surface area contributed by atoms with Gasteiger partial charge in [0.05, 0.1) is 22.9 Å². The van der Waals surface area contributed by atoms with Crippen molar-refractivity contribution in [2.75, 3.05) is 24.2 Å². The zero-order chi connectivity index (χ0) is 26.7. The Morgan fingerprint density at radius 2 is 1.69 bits per heavy atom. The molecule has 36 heavy (non-hydrogen) atoms. The van der Waals surface area contributed by atoms with E-state index in [-0.39, 0.29) is 18.6 Å². The van der Waals surface area contributed by atoms with Gasteiger partial charge in [-0.25, -0.2) is 4.79 Å². The zero-order valence-corrected chi connectivity index (χ0v) is 19.8. The molecule has 1 saturated heterocycles. The first kappa shape index (κ1) is 27.9. The third-order valence-corrected chi connectivity index (χ3v) is 7.18. The molecule has 198 valence electrons. The lowest BCUT2D eigenvalue weighted by Crippen LogP contribution is -2.39. The van der Waals surface area contributed by atoms with Crippen LogP contribution in [0, 0.1) is 5.92 Å². The molecular weight excluding hydrogens is 542 g/mol. The molecule has 15 heteroatoms. The van der Waals surface area contributed by atoms with E-state index < -0.39 is 59.7 Å². The average Bonchev–Trinajstić information content (AvgIpc) is 2.80. The highest BCUT2D eigenvalue weighted by Crippen LogP contribution is 2.38. The van der Waals surface area contributed by atoms with Gasteiger partial charge in [0.15, 0.2) is 0 Å². The first-order valence-corrected chi connectivity index (χ1v) is 12.2. The summed E-state index contributed by atoms with van der Waals surface area (Å²) >= 11 is 5.86. The Hall–Kier alpha value is -2.71. The number of nitrogens with zero attached hydrogens (tertiary/aromatic N) is 1. The van der Waals surface area contributed by atoms with Crippen LogP contribution in [0.25, 0.3) is 0 Å². The highest BCUT2D eigenvalue weighted by Gasteiger charge is 2.45. The van der Waals surface area contributed by atoms with Crippen LogP contribution in [0.15, 0.2) is 47.4 Å². The van der Waals surface area contributed by atoms with Crippen LogP contribution in [0.1, 0.15) is 18.4 Å². The predicted molar refractivity (Wildman–Crippen MR) is 116 cm³/mol. The maximum Gasteiger partial charge on any atom is 0.493 e. The minimum absolute atomic E-state index is 0.0183. The number of hydrogen-bond acceptors (Lipinski definition) is 6. The van der Waals surface area contributed by atoms with E-state index in [1.807, 2.05) is 0 Å². The number of halogens is 7. The maximum atomic E-state index is 13.6. The molecule has 0 radical (unpaired) electrons. The van der Waals surface area contributed by atoms with Crippen LogP contribution in [0.3, 0.4) is 0 Å². The summed E-state index contributed by atoms with van der Waals surface area (Å²) in [4.78, 5) is 14.8. The van der Waals surface area contributed by atoms with E-state index in [1.165, 1.54) is 12.1 Å². The van der Waals surface area contributed by atoms with Crippen molar-refractivity contribution in [3.63, 3.8) is 0 Å². The molecule has 1 aliphatic rings. The summed E-state index contributed by atoms with van der Waals surface area (Å²) in [5.74, 6) is -3.48. The molecule has 0 saturated carbocycles. The van der Waals surface area contributed by atoms with Gasteiger partial charge < -0.3 is 14.9 Å². The van der Waals surface area contributed by atoms with E-state index in [1.54, 1.807) is 0 Å². The van der Waals surface area contributed by atoms with Gasteiger partial charge in [0.1, 0.15) is 10.6 Å². The lowest BCUT2D eigenvalue weighted by molar-refractivity contribution is -0.199. The standard InChI is InChI=1S/C21H19ClF6N2O5S/c22-17-3-1-2-4-18(17)36(32,33)30(35-19(31)21(26,27)28)15-9-14(20(23,24)25)10-16(11-15)34-12-13-5-7-29-8-6-13/h1-4,9-11,13,29H,5-8,12H2. The van der Waals surface area contributed by atoms with Gasteiger partial charge in [-0.3, -0.25) is 0 Å². The Morgan fingerprint density at radius 3 is 2.28 bits per heavy atom. The number of sulfonamides is 1. The van der Waals surface area contributed by atoms with Crippen molar-refractivity contribution < 1.29 is 49.1 Å². The molecule has 7 nitrogen and oxygen atoms in total. The van der Waals surface area contributed by atoms with Crippen molar-refractivity contribution in [3.05, 3.63) is 53.1 Å². The molecule has 0 spiro atoms. The second-order valence-electron chi connectivity index (χ2n) is 7.76. The van der Waals surface area contributed by atoms with Crippen LogP contribution in [0.4, 0.5) is 32.0 Å². The fourth-order valence-electron chi connectivity index (χ4n) is 3.31. The zero-order valence-electron chi connectivity index (χ0n) is 18.2. The van der Waals surface area contributed by atoms with Gasteiger partial charge in [0.2, 0.25) is 0 Å². The third-order valence-electron chi connectivity index (χ3n) is 5.10. The lowest BCUT2D eigenvalue weighted by Gasteiger charge is -2.26. The van der Waals surface area contributed by atoms with E-state index in [0.29, 0.717) is 32.0 Å². The average molecular weight is 561 g/mol. The number of piperidine rings is 1. The normalized spacial score (nSPS) is 15.4. The summed E-state index contributed by atoms with van der Waals surface area (Å²) in [6.45, 7) is 1.31. The highest BCUT2D eigenvalue weighted by atomic mass is 35.5. The van der Waals surface area contributed by atoms with Crippen molar-refractivity contribution in [3.8, 4) is 5.75 Å². The van der Waals surface area contributed by atoms with Gasteiger partial charge in [-0.15, -0.1) is 0 Å². The number of hydrogen-bond donors (Lipinski definition) is 1. The van der Waals surface area contributed by atoms with Crippen molar-refractivity contribution in [1.29, 1.82) is 0 Å². The Kier molecular flexibility index (Phi) is 8.30. The van der Waals surface area contributed by atoms with Gasteiger partial charge in [-0.1, -0.05) is 28.2 Å². The van der Waals surface area contributed by atoms with E-state index in [2.05, 4.69) is 10.2 Å². The molecule has 2 aromatic rings. The number of benzene rings is 2. The number of ether oxygens (including phenoxy) is 1. The molecule has 0 unspecified atom stereocenters. The second kappa shape index (κ2) is 10.7. The largest absolute Gasteiger partial charge is 0.493 e. The molecule has 1 aliphatic heterocycles. The number of carbonyl (C=O) groups excluding carboxylic acids is 1. The SMILES string of the molecule is O=C(ON(c1cc(OCC2CCNCC2)cc(C(F)(F)F)c1)S(=O)(=O)c1ccccc1Cl)C(F)(F)F. The Balaban J connectivity index is 2.10. The quantitative estimate of drug-likeness (QED) is 0.381. The summed E-state index contributed by atoms with van der Waals surface area (Å²) in [6, 6.07) is 5.96. The molecule has 1 N–H and O–H groups in total. The second-order valence-corrected chi connectivity index (χ2v) is 9.89. The van der Waals surface area contributed by atoms with Gasteiger partial charge >= 0.3 is 18.3 Å². The van der Waals surface area contributed by atoms with Crippen molar-refractivity contribution in [1.82, 2.24) is 5.32 Å². The van der Waals surface area contributed by atoms with E-state index in [4.69, 9.17) is 16.3 Å². The van der Waals surface area contributed by atoms with Crippen LogP contribution in [-0.4, -0.2) is 40.3 Å². The summed E-state index contributed by atoms with van der Waals surface area (Å²) in [6.07, 6.45) is -9.37. The number of anilines is 1. The molecule has 0 atom stereocenters. The molecule has 0 bridgehead atoms. The van der Waals surface area contributed by atoms with Gasteiger partial charge in [-0.2, -0.15) is 34.8 Å². The van der Waals surface area contributed by atoms with Crippen LogP contribution in [0.2, 0.25) is 5.02 Å². The van der Waals surface area contributed by atoms with Gasteiger partial charge in [0, 0.05) is 6.07 Å². The molecule has 1 heterocycles. The summed E-state index contributed by atoms with van der Waals surface area (Å²) in [5, 5.41) is 2.63. The Labute approximate surface area is 206 Å². The van der Waals surface area contributed by atoms with E-state index in [9.17, 15) is 39.6 Å². The summed E-state index contributed by atoms with van der Waals surface area (Å²) in [5.41, 5.74) is -2.50. The summed E-state index contributed by atoms with van der Waals surface area (Å²) < 4.78 is 111. The number of nitrogens with one attached hydrogen (secondary N) is 1. The van der Waals surface area contributed by atoms with Gasteiger partial charge in [0.25, 0.3) is 10.0 Å².